The van der Waals surface area contributed by atoms with Crippen LogP contribution in [-0.2, 0) is 11.2 Å². The van der Waals surface area contributed by atoms with Gasteiger partial charge >= 0.3 is 0 Å². The maximum absolute atomic E-state index is 13.1. The summed E-state index contributed by atoms with van der Waals surface area (Å²) in [4.78, 5) is 25.1. The van der Waals surface area contributed by atoms with E-state index in [4.69, 9.17) is 12.2 Å². The van der Waals surface area contributed by atoms with Gasteiger partial charge in [-0.15, -0.1) is 0 Å². The molecule has 3 rings (SSSR count). The van der Waals surface area contributed by atoms with Crippen molar-refractivity contribution in [2.45, 2.75) is 13.3 Å². The number of carbonyl (C=O) groups excluding carboxylic acids is 1. The first kappa shape index (κ1) is 18.2. The second-order valence-electron chi connectivity index (χ2n) is 5.49. The van der Waals surface area contributed by atoms with Crippen LogP contribution in [0.3, 0.4) is 0 Å². The number of benzene rings is 2. The van der Waals surface area contributed by atoms with Crippen LogP contribution in [0.5, 0.6) is 0 Å². The lowest BCUT2D eigenvalue weighted by molar-refractivity contribution is -0.385. The summed E-state index contributed by atoms with van der Waals surface area (Å²) in [5.74, 6) is -0.744. The van der Waals surface area contributed by atoms with Crippen molar-refractivity contribution < 1.29 is 14.1 Å². The molecule has 0 unspecified atom stereocenters. The van der Waals surface area contributed by atoms with Crippen molar-refractivity contribution in [3.05, 3.63) is 74.4 Å². The predicted octanol–water partition coefficient (Wildman–Crippen LogP) is 4.70. The molecule has 132 valence electrons. The van der Waals surface area contributed by atoms with Crippen molar-refractivity contribution >= 4 is 51.7 Å². The Morgan fingerprint density at radius 2 is 1.96 bits per heavy atom. The number of hydrogen-bond acceptors (Lipinski definition) is 5. The number of anilines is 1. The van der Waals surface area contributed by atoms with E-state index in [0.717, 1.165) is 11.8 Å². The van der Waals surface area contributed by atoms with Crippen molar-refractivity contribution in [1.82, 2.24) is 0 Å². The van der Waals surface area contributed by atoms with Crippen molar-refractivity contribution in [2.24, 2.45) is 0 Å². The lowest BCUT2D eigenvalue weighted by atomic mass is 10.1. The van der Waals surface area contributed by atoms with E-state index >= 15 is 0 Å². The Hall–Kier alpha value is -2.58. The summed E-state index contributed by atoms with van der Waals surface area (Å²) in [5, 5.41) is 11.2. The second-order valence-corrected chi connectivity index (χ2v) is 7.17. The van der Waals surface area contributed by atoms with E-state index in [9.17, 15) is 19.3 Å². The van der Waals surface area contributed by atoms with Gasteiger partial charge in [0, 0.05) is 11.6 Å². The number of thiocarbonyl (C=S) groups is 1. The van der Waals surface area contributed by atoms with Gasteiger partial charge in [0.05, 0.1) is 15.5 Å². The van der Waals surface area contributed by atoms with Crippen molar-refractivity contribution in [2.75, 3.05) is 4.90 Å². The average molecular weight is 388 g/mol. The molecule has 2 aromatic rings. The zero-order chi connectivity index (χ0) is 18.8. The maximum atomic E-state index is 13.1. The highest BCUT2D eigenvalue weighted by Gasteiger charge is 2.33. The minimum absolute atomic E-state index is 0.0234. The van der Waals surface area contributed by atoms with Crippen LogP contribution in [0.4, 0.5) is 15.8 Å². The lowest BCUT2D eigenvalue weighted by Gasteiger charge is -2.14. The van der Waals surface area contributed by atoms with Crippen molar-refractivity contribution in [1.29, 1.82) is 0 Å². The molecule has 8 heteroatoms. The largest absolute Gasteiger partial charge is 0.273 e. The zero-order valence-corrected chi connectivity index (χ0v) is 15.3. The van der Waals surface area contributed by atoms with E-state index in [1.165, 1.54) is 35.2 Å². The third-order valence-electron chi connectivity index (χ3n) is 3.86. The molecule has 1 amide bonds. The molecule has 0 aromatic heterocycles. The van der Waals surface area contributed by atoms with Crippen LogP contribution in [-0.4, -0.2) is 15.2 Å². The highest BCUT2D eigenvalue weighted by molar-refractivity contribution is 8.27. The smallest absolute Gasteiger partial charge is 0.268 e. The summed E-state index contributed by atoms with van der Waals surface area (Å²) < 4.78 is 13.4. The molecule has 1 heterocycles. The Morgan fingerprint density at radius 3 is 2.58 bits per heavy atom. The number of nitro groups is 1. The third-order valence-corrected chi connectivity index (χ3v) is 5.17. The topological polar surface area (TPSA) is 63.5 Å². The predicted molar refractivity (Wildman–Crippen MR) is 105 cm³/mol. The molecule has 0 saturated carbocycles. The maximum Gasteiger partial charge on any atom is 0.273 e. The standard InChI is InChI=1S/C18H13FN2O3S2/c1-2-12-4-3-11(9-15(12)21(23)24)10-16-17(22)20(18(25)26-16)14-7-5-13(19)6-8-14/h3-10H,2H2,1H3/b16-10-. The van der Waals surface area contributed by atoms with E-state index in [-0.39, 0.29) is 11.6 Å². The number of rotatable bonds is 4. The summed E-state index contributed by atoms with van der Waals surface area (Å²) in [5.41, 5.74) is 1.68. The zero-order valence-electron chi connectivity index (χ0n) is 13.6. The molecule has 0 bridgehead atoms. The average Bonchev–Trinajstić information content (AvgIpc) is 2.89. The molecule has 1 aliphatic rings. The van der Waals surface area contributed by atoms with Gasteiger partial charge < -0.3 is 0 Å². The van der Waals surface area contributed by atoms with Gasteiger partial charge in [0.25, 0.3) is 11.6 Å². The first-order chi connectivity index (χ1) is 12.4. The number of hydrogen-bond donors (Lipinski definition) is 0. The normalized spacial score (nSPS) is 15.8. The molecule has 1 fully saturated rings. The van der Waals surface area contributed by atoms with Crippen molar-refractivity contribution in [3.63, 3.8) is 0 Å². The quantitative estimate of drug-likeness (QED) is 0.329. The fourth-order valence-electron chi connectivity index (χ4n) is 2.57. The molecule has 1 aliphatic heterocycles. The molecular weight excluding hydrogens is 375 g/mol. The van der Waals surface area contributed by atoms with E-state index in [0.29, 0.717) is 32.5 Å². The fourth-order valence-corrected chi connectivity index (χ4v) is 3.87. The van der Waals surface area contributed by atoms with Gasteiger partial charge in [-0.3, -0.25) is 19.8 Å². The van der Waals surface area contributed by atoms with Gasteiger partial charge in [-0.1, -0.05) is 43.0 Å². The molecular formula is C18H13FN2O3S2. The minimum atomic E-state index is -0.431. The summed E-state index contributed by atoms with van der Waals surface area (Å²) in [6.45, 7) is 1.84. The lowest BCUT2D eigenvalue weighted by Crippen LogP contribution is -2.27. The molecule has 0 atom stereocenters. The van der Waals surface area contributed by atoms with Crippen LogP contribution in [0.15, 0.2) is 47.4 Å². The number of nitrogens with zero attached hydrogens (tertiary/aromatic N) is 2. The van der Waals surface area contributed by atoms with Gasteiger partial charge in [0.15, 0.2) is 4.32 Å². The highest BCUT2D eigenvalue weighted by atomic mass is 32.2. The van der Waals surface area contributed by atoms with Gasteiger partial charge in [-0.2, -0.15) is 0 Å². The fraction of sp³-hybridized carbons (Fsp3) is 0.111. The van der Waals surface area contributed by atoms with Gasteiger partial charge in [-0.05, 0) is 42.3 Å². The second kappa shape index (κ2) is 7.35. The summed E-state index contributed by atoms with van der Waals surface area (Å²) in [7, 11) is 0. The van der Waals surface area contributed by atoms with Crippen LogP contribution < -0.4 is 4.90 Å². The third kappa shape index (κ3) is 3.51. The Morgan fingerprint density at radius 1 is 1.27 bits per heavy atom. The highest BCUT2D eigenvalue weighted by Crippen LogP contribution is 2.36. The monoisotopic (exact) mass is 388 g/mol. The number of carbonyl (C=O) groups is 1. The van der Waals surface area contributed by atoms with Crippen LogP contribution in [0.2, 0.25) is 0 Å². The van der Waals surface area contributed by atoms with Crippen LogP contribution in [0, 0.1) is 15.9 Å². The molecule has 5 nitrogen and oxygen atoms in total. The van der Waals surface area contributed by atoms with E-state index in [1.807, 2.05) is 6.92 Å². The SMILES string of the molecule is CCc1ccc(/C=C2\SC(=S)N(c3ccc(F)cc3)C2=O)cc1[N+](=O)[O-]. The van der Waals surface area contributed by atoms with Gasteiger partial charge in [0.1, 0.15) is 5.82 Å². The minimum Gasteiger partial charge on any atom is -0.268 e. The number of halogens is 1. The van der Waals surface area contributed by atoms with Crippen LogP contribution in [0.1, 0.15) is 18.1 Å². The van der Waals surface area contributed by atoms with E-state index in [2.05, 4.69) is 0 Å². The Bertz CT molecular complexity index is 942. The molecule has 0 spiro atoms. The summed E-state index contributed by atoms with van der Waals surface area (Å²) >= 11 is 6.36. The molecule has 0 radical (unpaired) electrons. The Balaban J connectivity index is 1.94. The van der Waals surface area contributed by atoms with Crippen molar-refractivity contribution in [3.8, 4) is 0 Å². The number of nitro benzene ring substituents is 1. The molecule has 0 aliphatic carbocycles. The summed E-state index contributed by atoms with van der Waals surface area (Å²) in [6.07, 6.45) is 2.12. The Labute approximate surface area is 158 Å². The number of thioether (sulfide) groups is 1. The van der Waals surface area contributed by atoms with E-state index < -0.39 is 10.7 Å². The molecule has 26 heavy (non-hydrogen) atoms. The molecule has 0 N–H and O–H groups in total. The van der Waals surface area contributed by atoms with Gasteiger partial charge in [-0.25, -0.2) is 4.39 Å². The molecule has 1 saturated heterocycles. The Kier molecular flexibility index (Phi) is 5.15. The van der Waals surface area contributed by atoms with Gasteiger partial charge in [0.2, 0.25) is 0 Å². The first-order valence-corrected chi connectivity index (χ1v) is 8.94. The number of amides is 1. The van der Waals surface area contributed by atoms with E-state index in [1.54, 1.807) is 18.2 Å². The first-order valence-electron chi connectivity index (χ1n) is 7.71. The summed E-state index contributed by atoms with van der Waals surface area (Å²) in [6, 6.07) is 10.3. The molecule has 2 aromatic carbocycles. The van der Waals surface area contributed by atoms with Crippen LogP contribution >= 0.6 is 24.0 Å². The van der Waals surface area contributed by atoms with Crippen LogP contribution in [0.25, 0.3) is 6.08 Å². The number of aryl methyl sites for hydroxylation is 1.